The molecule has 1 fully saturated rings. The predicted octanol–water partition coefficient (Wildman–Crippen LogP) is 3.40. The molecule has 0 aromatic heterocycles. The Bertz CT molecular complexity index is 374. The highest BCUT2D eigenvalue weighted by Crippen LogP contribution is 2.24. The van der Waals surface area contributed by atoms with E-state index in [4.69, 9.17) is 5.73 Å². The van der Waals surface area contributed by atoms with Crippen LogP contribution < -0.4 is 5.73 Å². The number of hydrogen-bond acceptors (Lipinski definition) is 2. The maximum absolute atomic E-state index is 5.81. The first-order valence-electron chi connectivity index (χ1n) is 7.70. The van der Waals surface area contributed by atoms with Crippen LogP contribution in [0.25, 0.3) is 0 Å². The Morgan fingerprint density at radius 2 is 1.68 bits per heavy atom. The van der Waals surface area contributed by atoms with Crippen molar-refractivity contribution in [3.63, 3.8) is 0 Å². The summed E-state index contributed by atoms with van der Waals surface area (Å²) in [5.74, 6) is 0. The fourth-order valence-corrected chi connectivity index (χ4v) is 3.40. The number of hydrogen-bond donors (Lipinski definition) is 1. The van der Waals surface area contributed by atoms with Gasteiger partial charge in [0.2, 0.25) is 0 Å². The maximum atomic E-state index is 5.81. The topological polar surface area (TPSA) is 29.3 Å². The highest BCUT2D eigenvalue weighted by molar-refractivity contribution is 5.28. The number of benzene rings is 1. The lowest BCUT2D eigenvalue weighted by atomic mass is 9.93. The van der Waals surface area contributed by atoms with Crippen molar-refractivity contribution in [2.24, 2.45) is 5.73 Å². The standard InChI is InChI=1S/C17H28N2/c1-14-10-15(2)12-16(11-14)13-19(9-8-18)17-6-4-3-5-7-17/h10-12,17H,3-9,13,18H2,1-2H3. The predicted molar refractivity (Wildman–Crippen MR) is 82.3 cm³/mol. The van der Waals surface area contributed by atoms with Crippen molar-refractivity contribution in [3.05, 3.63) is 34.9 Å². The van der Waals surface area contributed by atoms with E-state index < -0.39 is 0 Å². The summed E-state index contributed by atoms with van der Waals surface area (Å²) in [6, 6.07) is 7.63. The molecule has 0 saturated heterocycles. The highest BCUT2D eigenvalue weighted by atomic mass is 15.2. The van der Waals surface area contributed by atoms with E-state index in [1.54, 1.807) is 0 Å². The Morgan fingerprint density at radius 1 is 1.05 bits per heavy atom. The Morgan fingerprint density at radius 3 is 2.26 bits per heavy atom. The van der Waals surface area contributed by atoms with E-state index in [-0.39, 0.29) is 0 Å². The second-order valence-electron chi connectivity index (χ2n) is 6.05. The second-order valence-corrected chi connectivity index (χ2v) is 6.05. The Labute approximate surface area is 118 Å². The van der Waals surface area contributed by atoms with E-state index >= 15 is 0 Å². The molecule has 2 heteroatoms. The number of nitrogens with zero attached hydrogens (tertiary/aromatic N) is 1. The van der Waals surface area contributed by atoms with Gasteiger partial charge in [-0.2, -0.15) is 0 Å². The number of rotatable bonds is 5. The first-order valence-corrected chi connectivity index (χ1v) is 7.70. The minimum atomic E-state index is 0.748. The van der Waals surface area contributed by atoms with Gasteiger partial charge in [-0.3, -0.25) is 4.90 Å². The third-order valence-electron chi connectivity index (χ3n) is 4.17. The summed E-state index contributed by atoms with van der Waals surface area (Å²) in [6.45, 7) is 7.22. The highest BCUT2D eigenvalue weighted by Gasteiger charge is 2.20. The Kier molecular flexibility index (Phi) is 5.41. The zero-order valence-corrected chi connectivity index (χ0v) is 12.5. The monoisotopic (exact) mass is 260 g/mol. The first kappa shape index (κ1) is 14.5. The van der Waals surface area contributed by atoms with Crippen LogP contribution in [0.15, 0.2) is 18.2 Å². The molecular weight excluding hydrogens is 232 g/mol. The quantitative estimate of drug-likeness (QED) is 0.879. The molecule has 2 N–H and O–H groups in total. The molecule has 0 atom stereocenters. The van der Waals surface area contributed by atoms with Crippen molar-refractivity contribution >= 4 is 0 Å². The molecule has 19 heavy (non-hydrogen) atoms. The molecule has 1 saturated carbocycles. The number of aryl methyl sites for hydroxylation is 2. The fraction of sp³-hybridized carbons (Fsp3) is 0.647. The van der Waals surface area contributed by atoms with Crippen LogP contribution in [0.3, 0.4) is 0 Å². The van der Waals surface area contributed by atoms with Gasteiger partial charge in [-0.1, -0.05) is 48.6 Å². The minimum absolute atomic E-state index is 0.748. The average molecular weight is 260 g/mol. The molecule has 0 bridgehead atoms. The van der Waals surface area contributed by atoms with E-state index in [2.05, 4.69) is 36.9 Å². The smallest absolute Gasteiger partial charge is 0.0237 e. The van der Waals surface area contributed by atoms with Gasteiger partial charge >= 0.3 is 0 Å². The van der Waals surface area contributed by atoms with Crippen molar-refractivity contribution in [3.8, 4) is 0 Å². The van der Waals surface area contributed by atoms with Crippen molar-refractivity contribution in [2.75, 3.05) is 13.1 Å². The molecule has 0 radical (unpaired) electrons. The fourth-order valence-electron chi connectivity index (χ4n) is 3.40. The molecule has 2 rings (SSSR count). The van der Waals surface area contributed by atoms with Crippen molar-refractivity contribution in [2.45, 2.75) is 58.5 Å². The van der Waals surface area contributed by atoms with Crippen LogP contribution in [0.5, 0.6) is 0 Å². The van der Waals surface area contributed by atoms with E-state index in [1.807, 2.05) is 0 Å². The van der Waals surface area contributed by atoms with Crippen LogP contribution >= 0.6 is 0 Å². The molecule has 2 nitrogen and oxygen atoms in total. The van der Waals surface area contributed by atoms with E-state index in [0.29, 0.717) is 0 Å². The molecular formula is C17H28N2. The summed E-state index contributed by atoms with van der Waals surface area (Å²) in [4.78, 5) is 2.60. The van der Waals surface area contributed by atoms with Gasteiger partial charge in [0, 0.05) is 25.7 Å². The molecule has 1 aromatic rings. The summed E-state index contributed by atoms with van der Waals surface area (Å²) in [5.41, 5.74) is 9.98. The van der Waals surface area contributed by atoms with Gasteiger partial charge in [-0.25, -0.2) is 0 Å². The van der Waals surface area contributed by atoms with Gasteiger partial charge in [-0.05, 0) is 32.3 Å². The van der Waals surface area contributed by atoms with Crippen molar-refractivity contribution in [1.29, 1.82) is 0 Å². The van der Waals surface area contributed by atoms with E-state index in [9.17, 15) is 0 Å². The molecule has 0 heterocycles. The van der Waals surface area contributed by atoms with E-state index in [1.165, 1.54) is 48.8 Å². The summed E-state index contributed by atoms with van der Waals surface area (Å²) in [6.07, 6.45) is 6.89. The zero-order valence-electron chi connectivity index (χ0n) is 12.5. The second kappa shape index (κ2) is 7.06. The third-order valence-corrected chi connectivity index (χ3v) is 4.17. The molecule has 1 aromatic carbocycles. The van der Waals surface area contributed by atoms with Crippen LogP contribution in [0.4, 0.5) is 0 Å². The van der Waals surface area contributed by atoms with Crippen molar-refractivity contribution in [1.82, 2.24) is 4.90 Å². The average Bonchev–Trinajstić information content (AvgIpc) is 2.38. The molecule has 1 aliphatic carbocycles. The largest absolute Gasteiger partial charge is 0.329 e. The maximum Gasteiger partial charge on any atom is 0.0237 e. The van der Waals surface area contributed by atoms with Crippen molar-refractivity contribution < 1.29 is 0 Å². The van der Waals surface area contributed by atoms with E-state index in [0.717, 1.165) is 25.7 Å². The molecule has 0 amide bonds. The molecule has 0 spiro atoms. The molecule has 0 aliphatic heterocycles. The van der Waals surface area contributed by atoms with Crippen LogP contribution in [-0.2, 0) is 6.54 Å². The summed E-state index contributed by atoms with van der Waals surface area (Å²) < 4.78 is 0. The summed E-state index contributed by atoms with van der Waals surface area (Å²) in [5, 5.41) is 0. The first-order chi connectivity index (χ1) is 9.19. The zero-order chi connectivity index (χ0) is 13.7. The SMILES string of the molecule is Cc1cc(C)cc(CN(CCN)C2CCCCC2)c1. The van der Waals surface area contributed by atoms with Crippen LogP contribution in [0.1, 0.15) is 48.8 Å². The molecule has 0 unspecified atom stereocenters. The lowest BCUT2D eigenvalue weighted by Crippen LogP contribution is -2.39. The minimum Gasteiger partial charge on any atom is -0.329 e. The van der Waals surface area contributed by atoms with Gasteiger partial charge in [0.15, 0.2) is 0 Å². The molecule has 1 aliphatic rings. The summed E-state index contributed by atoms with van der Waals surface area (Å²) in [7, 11) is 0. The lowest BCUT2D eigenvalue weighted by Gasteiger charge is -2.34. The molecule has 106 valence electrons. The van der Waals surface area contributed by atoms with Gasteiger partial charge < -0.3 is 5.73 Å². The number of nitrogens with two attached hydrogens (primary N) is 1. The lowest BCUT2D eigenvalue weighted by molar-refractivity contribution is 0.152. The van der Waals surface area contributed by atoms with Gasteiger partial charge in [-0.15, -0.1) is 0 Å². The van der Waals surface area contributed by atoms with Crippen LogP contribution in [0.2, 0.25) is 0 Å². The third kappa shape index (κ3) is 4.32. The van der Waals surface area contributed by atoms with Crippen LogP contribution in [0, 0.1) is 13.8 Å². The Balaban J connectivity index is 2.06. The Hall–Kier alpha value is -0.860. The van der Waals surface area contributed by atoms with Crippen LogP contribution in [-0.4, -0.2) is 24.0 Å². The van der Waals surface area contributed by atoms with Gasteiger partial charge in [0.25, 0.3) is 0 Å². The van der Waals surface area contributed by atoms with Gasteiger partial charge in [0.05, 0.1) is 0 Å². The normalized spacial score (nSPS) is 17.1. The van der Waals surface area contributed by atoms with Gasteiger partial charge in [0.1, 0.15) is 0 Å². The summed E-state index contributed by atoms with van der Waals surface area (Å²) >= 11 is 0.